The zero-order chi connectivity index (χ0) is 24.7. The van der Waals surface area contributed by atoms with Gasteiger partial charge in [0, 0.05) is 31.6 Å². The van der Waals surface area contributed by atoms with E-state index in [9.17, 15) is 4.79 Å². The minimum absolute atomic E-state index is 0.131. The molecule has 1 unspecified atom stereocenters. The molecule has 4 aliphatic rings. The van der Waals surface area contributed by atoms with E-state index in [0.29, 0.717) is 23.9 Å². The smallest absolute Gasteiger partial charge is 0.241 e. The van der Waals surface area contributed by atoms with Gasteiger partial charge < -0.3 is 15.1 Å². The van der Waals surface area contributed by atoms with Crippen LogP contribution in [0.5, 0.6) is 0 Å². The molecular formula is C30H54N4O. The highest BCUT2D eigenvalue weighted by Crippen LogP contribution is 2.41. The maximum Gasteiger partial charge on any atom is 0.241 e. The minimum atomic E-state index is 0.131. The minimum Gasteiger partial charge on any atom is -0.360 e. The summed E-state index contributed by atoms with van der Waals surface area (Å²) in [5.74, 6) is 3.68. The summed E-state index contributed by atoms with van der Waals surface area (Å²) in [4.78, 5) is 22.7. The van der Waals surface area contributed by atoms with Crippen LogP contribution in [0.4, 0.5) is 0 Å². The van der Waals surface area contributed by atoms with Gasteiger partial charge in [0.1, 0.15) is 12.4 Å². The van der Waals surface area contributed by atoms with Crippen LogP contribution in [0.15, 0.2) is 4.99 Å². The first-order chi connectivity index (χ1) is 17.0. The lowest BCUT2D eigenvalue weighted by Gasteiger charge is -2.44. The van der Waals surface area contributed by atoms with Crippen LogP contribution >= 0.6 is 0 Å². The lowest BCUT2D eigenvalue weighted by atomic mass is 9.70. The normalized spacial score (nSPS) is 26.0. The standard InChI is InChI=1S/C30H54N4O/c1-4-24(3)21-30(5-2)15-19-33(20-16-30)23-25-13-17-34(18-14-25)29(26-11-12-26)31-22-28(35)32-27-9-7-6-8-10-27/h24-27H,4-23H2,1-3H3,(H,32,35)/b31-29+. The van der Waals surface area contributed by atoms with Crippen LogP contribution in [0.3, 0.4) is 0 Å². The highest BCUT2D eigenvalue weighted by Gasteiger charge is 2.36. The van der Waals surface area contributed by atoms with E-state index < -0.39 is 0 Å². The van der Waals surface area contributed by atoms with Crippen LogP contribution in [0.2, 0.25) is 0 Å². The van der Waals surface area contributed by atoms with Crippen molar-refractivity contribution in [2.45, 2.75) is 117 Å². The van der Waals surface area contributed by atoms with Gasteiger partial charge in [-0.1, -0.05) is 52.9 Å². The molecule has 5 heteroatoms. The predicted molar refractivity (Wildman–Crippen MR) is 147 cm³/mol. The number of nitrogens with zero attached hydrogens (tertiary/aromatic N) is 3. The van der Waals surface area contributed by atoms with Gasteiger partial charge in [0.15, 0.2) is 0 Å². The van der Waals surface area contributed by atoms with E-state index in [-0.39, 0.29) is 5.91 Å². The van der Waals surface area contributed by atoms with Crippen LogP contribution in [0, 0.1) is 23.2 Å². The molecule has 4 fully saturated rings. The first-order valence-electron chi connectivity index (χ1n) is 15.3. The van der Waals surface area contributed by atoms with Crippen molar-refractivity contribution in [3.63, 3.8) is 0 Å². The van der Waals surface area contributed by atoms with Gasteiger partial charge in [-0.15, -0.1) is 0 Å². The van der Waals surface area contributed by atoms with Gasteiger partial charge in [0.05, 0.1) is 0 Å². The average Bonchev–Trinajstić information content (AvgIpc) is 3.72. The molecule has 1 N–H and O–H groups in total. The van der Waals surface area contributed by atoms with Crippen molar-refractivity contribution in [1.82, 2.24) is 15.1 Å². The third-order valence-corrected chi connectivity index (χ3v) is 9.90. The number of piperidine rings is 2. The molecule has 4 rings (SSSR count). The number of hydrogen-bond acceptors (Lipinski definition) is 3. The van der Waals surface area contributed by atoms with Crippen LogP contribution in [-0.4, -0.2) is 66.9 Å². The van der Waals surface area contributed by atoms with Crippen molar-refractivity contribution < 1.29 is 4.79 Å². The van der Waals surface area contributed by atoms with Gasteiger partial charge in [-0.05, 0) is 88.1 Å². The predicted octanol–water partition coefficient (Wildman–Crippen LogP) is 5.88. The molecule has 1 atom stereocenters. The monoisotopic (exact) mass is 486 g/mol. The summed E-state index contributed by atoms with van der Waals surface area (Å²) in [7, 11) is 0. The maximum atomic E-state index is 12.5. The molecule has 35 heavy (non-hydrogen) atoms. The fourth-order valence-corrected chi connectivity index (χ4v) is 7.01. The summed E-state index contributed by atoms with van der Waals surface area (Å²) in [5.41, 5.74) is 0.605. The van der Waals surface area contributed by atoms with Crippen molar-refractivity contribution in [1.29, 1.82) is 0 Å². The molecule has 0 aromatic heterocycles. The third-order valence-electron chi connectivity index (χ3n) is 9.90. The van der Waals surface area contributed by atoms with E-state index >= 15 is 0 Å². The van der Waals surface area contributed by atoms with E-state index in [4.69, 9.17) is 4.99 Å². The summed E-state index contributed by atoms with van der Waals surface area (Å²) < 4.78 is 0. The second kappa shape index (κ2) is 12.9. The Balaban J connectivity index is 1.20. The first kappa shape index (κ1) is 26.9. The third kappa shape index (κ3) is 7.94. The van der Waals surface area contributed by atoms with Crippen molar-refractivity contribution >= 4 is 11.7 Å². The van der Waals surface area contributed by atoms with E-state index in [2.05, 4.69) is 35.9 Å². The Bertz CT molecular complexity index is 680. The highest BCUT2D eigenvalue weighted by molar-refractivity contribution is 5.89. The van der Waals surface area contributed by atoms with Crippen LogP contribution in [0.25, 0.3) is 0 Å². The van der Waals surface area contributed by atoms with Gasteiger partial charge in [0.2, 0.25) is 5.91 Å². The maximum absolute atomic E-state index is 12.5. The van der Waals surface area contributed by atoms with Gasteiger partial charge in [-0.3, -0.25) is 9.79 Å². The van der Waals surface area contributed by atoms with Crippen molar-refractivity contribution in [2.24, 2.45) is 28.2 Å². The number of rotatable bonds is 10. The Hall–Kier alpha value is -1.10. The molecule has 2 saturated heterocycles. The van der Waals surface area contributed by atoms with E-state index in [1.54, 1.807) is 0 Å². The highest BCUT2D eigenvalue weighted by atomic mass is 16.1. The second-order valence-electron chi connectivity index (χ2n) is 12.7. The van der Waals surface area contributed by atoms with Crippen molar-refractivity contribution in [3.05, 3.63) is 0 Å². The summed E-state index contributed by atoms with van der Waals surface area (Å²) in [6.07, 6.45) is 18.1. The first-order valence-corrected chi connectivity index (χ1v) is 15.3. The molecule has 0 radical (unpaired) electrons. The van der Waals surface area contributed by atoms with E-state index in [1.165, 1.54) is 103 Å². The fourth-order valence-electron chi connectivity index (χ4n) is 7.01. The molecule has 0 aromatic rings. The summed E-state index contributed by atoms with van der Waals surface area (Å²) in [6.45, 7) is 13.7. The summed E-state index contributed by atoms with van der Waals surface area (Å²) in [6, 6.07) is 0.388. The quantitative estimate of drug-likeness (QED) is 0.310. The molecule has 0 aromatic carbocycles. The van der Waals surface area contributed by atoms with Crippen LogP contribution in [0.1, 0.15) is 111 Å². The van der Waals surface area contributed by atoms with Gasteiger partial charge >= 0.3 is 0 Å². The number of carbonyl (C=O) groups is 1. The summed E-state index contributed by atoms with van der Waals surface area (Å²) in [5, 5.41) is 3.24. The SMILES string of the molecule is CCC(C)CC1(CC)CCN(CC2CCN(/C(=N/CC(=O)NC3CCCCC3)C3CC3)CC2)CC1. The zero-order valence-corrected chi connectivity index (χ0v) is 23.2. The molecule has 0 spiro atoms. The second-order valence-corrected chi connectivity index (χ2v) is 12.7. The Morgan fingerprint density at radius 2 is 1.66 bits per heavy atom. The average molecular weight is 487 g/mol. The van der Waals surface area contributed by atoms with E-state index in [0.717, 1.165) is 37.8 Å². The van der Waals surface area contributed by atoms with Gasteiger partial charge in [-0.2, -0.15) is 0 Å². The summed E-state index contributed by atoms with van der Waals surface area (Å²) >= 11 is 0. The van der Waals surface area contributed by atoms with Crippen LogP contribution in [-0.2, 0) is 4.79 Å². The number of likely N-dealkylation sites (tertiary alicyclic amines) is 2. The number of carbonyl (C=O) groups excluding carboxylic acids is 1. The Kier molecular flexibility index (Phi) is 9.95. The molecule has 0 bridgehead atoms. The number of amidine groups is 1. The lowest BCUT2D eigenvalue weighted by molar-refractivity contribution is -0.120. The molecule has 2 heterocycles. The molecule has 5 nitrogen and oxygen atoms in total. The molecular weight excluding hydrogens is 432 g/mol. The van der Waals surface area contributed by atoms with E-state index in [1.807, 2.05) is 0 Å². The lowest BCUT2D eigenvalue weighted by Crippen LogP contribution is -2.46. The Labute approximate surface area is 215 Å². The molecule has 2 aliphatic heterocycles. The largest absolute Gasteiger partial charge is 0.360 e. The zero-order valence-electron chi connectivity index (χ0n) is 23.2. The number of nitrogens with one attached hydrogen (secondary N) is 1. The molecule has 2 saturated carbocycles. The van der Waals surface area contributed by atoms with Gasteiger partial charge in [0.25, 0.3) is 0 Å². The Morgan fingerprint density at radius 3 is 2.26 bits per heavy atom. The fraction of sp³-hybridized carbons (Fsp3) is 0.933. The molecule has 200 valence electrons. The number of amides is 1. The number of hydrogen-bond donors (Lipinski definition) is 1. The van der Waals surface area contributed by atoms with Crippen molar-refractivity contribution in [3.8, 4) is 0 Å². The topological polar surface area (TPSA) is 47.9 Å². The number of aliphatic imine (C=N–C) groups is 1. The van der Waals surface area contributed by atoms with Crippen molar-refractivity contribution in [2.75, 3.05) is 39.3 Å². The molecule has 1 amide bonds. The van der Waals surface area contributed by atoms with Crippen LogP contribution < -0.4 is 5.32 Å². The van der Waals surface area contributed by atoms with Gasteiger partial charge in [-0.25, -0.2) is 0 Å². The Morgan fingerprint density at radius 1 is 0.971 bits per heavy atom. The molecule has 2 aliphatic carbocycles.